The van der Waals surface area contributed by atoms with Gasteiger partial charge in [-0.3, -0.25) is 24.4 Å². The summed E-state index contributed by atoms with van der Waals surface area (Å²) in [6.07, 6.45) is 7.04. The van der Waals surface area contributed by atoms with E-state index in [1.54, 1.807) is 30.6 Å². The van der Waals surface area contributed by atoms with E-state index in [1.165, 1.54) is 6.08 Å². The van der Waals surface area contributed by atoms with Crippen LogP contribution in [0.2, 0.25) is 0 Å². The first-order valence-electron chi connectivity index (χ1n) is 10.4. The molecule has 0 fully saturated rings. The monoisotopic (exact) mass is 451 g/mol. The number of aromatic nitrogens is 1. The number of benzene rings is 1. The van der Waals surface area contributed by atoms with Gasteiger partial charge in [-0.15, -0.1) is 0 Å². The van der Waals surface area contributed by atoms with E-state index in [0.717, 1.165) is 11.1 Å². The lowest BCUT2D eigenvalue weighted by Crippen LogP contribution is -2.53. The summed E-state index contributed by atoms with van der Waals surface area (Å²) in [6.45, 7) is 0.288. The Bertz CT molecular complexity index is 974. The second-order valence-electron chi connectivity index (χ2n) is 7.28. The van der Waals surface area contributed by atoms with Gasteiger partial charge in [0, 0.05) is 31.4 Å². The molecular formula is C23H29N7O3. The maximum absolute atomic E-state index is 12.9. The van der Waals surface area contributed by atoms with Gasteiger partial charge in [0.2, 0.25) is 17.7 Å². The van der Waals surface area contributed by atoms with Gasteiger partial charge in [0.15, 0.2) is 5.96 Å². The number of primary amides is 1. The second kappa shape index (κ2) is 13.3. The Morgan fingerprint density at radius 3 is 2.39 bits per heavy atom. The van der Waals surface area contributed by atoms with Crippen molar-refractivity contribution in [1.29, 1.82) is 0 Å². The zero-order valence-electron chi connectivity index (χ0n) is 18.2. The van der Waals surface area contributed by atoms with Crippen molar-refractivity contribution < 1.29 is 14.4 Å². The molecule has 0 aliphatic heterocycles. The Kier molecular flexibility index (Phi) is 10.1. The SMILES string of the molecule is NC(=O)[C@H](Cc1ccccc1)NC(=O)[C@H](CCCN=C(N)N)NC(=O)/C=C/c1cccnc1. The van der Waals surface area contributed by atoms with Gasteiger partial charge in [-0.05, 0) is 36.1 Å². The fourth-order valence-corrected chi connectivity index (χ4v) is 2.98. The first kappa shape index (κ1) is 25.1. The summed E-state index contributed by atoms with van der Waals surface area (Å²) >= 11 is 0. The number of carbonyl (C=O) groups excluding carboxylic acids is 3. The standard InChI is InChI=1S/C23H29N7O3/c24-21(32)19(14-16-6-2-1-3-7-16)30-22(33)18(9-5-13-28-23(25)26)29-20(31)11-10-17-8-4-12-27-15-17/h1-4,6-8,10-12,15,18-19H,5,9,13-14H2,(H2,24,32)(H,29,31)(H,30,33)(H4,25,26,28)/b11-10+/t18-,19-/m0/s1. The van der Waals surface area contributed by atoms with Crippen LogP contribution < -0.4 is 27.8 Å². The third kappa shape index (κ3) is 9.64. The van der Waals surface area contributed by atoms with Crippen molar-refractivity contribution in [2.45, 2.75) is 31.3 Å². The van der Waals surface area contributed by atoms with Crippen molar-refractivity contribution in [2.24, 2.45) is 22.2 Å². The van der Waals surface area contributed by atoms with Crippen molar-refractivity contribution in [3.05, 3.63) is 72.1 Å². The summed E-state index contributed by atoms with van der Waals surface area (Å²) in [5.41, 5.74) is 17.7. The molecule has 174 valence electrons. The Balaban J connectivity index is 2.06. The van der Waals surface area contributed by atoms with Crippen LogP contribution in [0, 0.1) is 0 Å². The zero-order valence-corrected chi connectivity index (χ0v) is 18.2. The van der Waals surface area contributed by atoms with Crippen LogP contribution in [-0.2, 0) is 20.8 Å². The molecule has 0 aliphatic rings. The van der Waals surface area contributed by atoms with E-state index in [-0.39, 0.29) is 25.3 Å². The van der Waals surface area contributed by atoms with Gasteiger partial charge in [0.1, 0.15) is 12.1 Å². The van der Waals surface area contributed by atoms with Gasteiger partial charge in [-0.25, -0.2) is 0 Å². The van der Waals surface area contributed by atoms with Crippen LogP contribution in [0.15, 0.2) is 65.9 Å². The minimum absolute atomic E-state index is 0.0592. The molecule has 0 saturated heterocycles. The number of amides is 3. The minimum atomic E-state index is -0.928. The molecule has 0 bridgehead atoms. The molecule has 2 atom stereocenters. The van der Waals surface area contributed by atoms with E-state index < -0.39 is 29.8 Å². The lowest BCUT2D eigenvalue weighted by atomic mass is 10.0. The van der Waals surface area contributed by atoms with Crippen molar-refractivity contribution >= 4 is 29.8 Å². The second-order valence-corrected chi connectivity index (χ2v) is 7.28. The Morgan fingerprint density at radius 1 is 1.00 bits per heavy atom. The number of hydrogen-bond acceptors (Lipinski definition) is 5. The van der Waals surface area contributed by atoms with Crippen molar-refractivity contribution in [3.8, 4) is 0 Å². The molecule has 3 amide bonds. The number of carbonyl (C=O) groups is 3. The lowest BCUT2D eigenvalue weighted by Gasteiger charge is -2.21. The smallest absolute Gasteiger partial charge is 0.244 e. The van der Waals surface area contributed by atoms with Crippen LogP contribution in [0.25, 0.3) is 6.08 Å². The lowest BCUT2D eigenvalue weighted by molar-refractivity contribution is -0.130. The van der Waals surface area contributed by atoms with E-state index in [9.17, 15) is 14.4 Å². The molecule has 10 heteroatoms. The highest BCUT2D eigenvalue weighted by molar-refractivity contribution is 5.96. The van der Waals surface area contributed by atoms with E-state index >= 15 is 0 Å². The molecule has 8 N–H and O–H groups in total. The van der Waals surface area contributed by atoms with Gasteiger partial charge in [0.05, 0.1) is 0 Å². The van der Waals surface area contributed by atoms with Gasteiger partial charge in [-0.1, -0.05) is 36.4 Å². The third-order valence-electron chi connectivity index (χ3n) is 4.63. The van der Waals surface area contributed by atoms with Crippen LogP contribution in [0.4, 0.5) is 0 Å². The van der Waals surface area contributed by atoms with E-state index in [1.807, 2.05) is 30.3 Å². The third-order valence-corrected chi connectivity index (χ3v) is 4.63. The first-order valence-corrected chi connectivity index (χ1v) is 10.4. The molecule has 2 aromatic rings. The van der Waals surface area contributed by atoms with Crippen molar-refractivity contribution in [2.75, 3.05) is 6.54 Å². The molecule has 1 aromatic heterocycles. The summed E-state index contributed by atoms with van der Waals surface area (Å²) in [5.74, 6) is -1.73. The predicted molar refractivity (Wildman–Crippen MR) is 126 cm³/mol. The van der Waals surface area contributed by atoms with Gasteiger partial charge < -0.3 is 27.8 Å². The number of nitrogens with one attached hydrogen (secondary N) is 2. The number of hydrogen-bond donors (Lipinski definition) is 5. The quantitative estimate of drug-likeness (QED) is 0.129. The zero-order chi connectivity index (χ0) is 24.1. The molecule has 0 spiro atoms. The number of rotatable bonds is 12. The number of guanidine groups is 1. The average molecular weight is 452 g/mol. The molecule has 1 heterocycles. The number of aliphatic imine (C=N–C) groups is 1. The van der Waals surface area contributed by atoms with E-state index in [2.05, 4.69) is 20.6 Å². The average Bonchev–Trinajstić information content (AvgIpc) is 2.80. The Morgan fingerprint density at radius 2 is 1.76 bits per heavy atom. The fourth-order valence-electron chi connectivity index (χ4n) is 2.98. The van der Waals surface area contributed by atoms with Crippen LogP contribution in [0.1, 0.15) is 24.0 Å². The normalized spacial score (nSPS) is 12.5. The molecular weight excluding hydrogens is 422 g/mol. The van der Waals surface area contributed by atoms with Gasteiger partial charge in [0.25, 0.3) is 0 Å². The van der Waals surface area contributed by atoms with E-state index in [4.69, 9.17) is 17.2 Å². The summed E-state index contributed by atoms with van der Waals surface area (Å²) in [7, 11) is 0. The van der Waals surface area contributed by atoms with Crippen LogP contribution in [0.5, 0.6) is 0 Å². The molecule has 1 aromatic carbocycles. The highest BCUT2D eigenvalue weighted by Crippen LogP contribution is 2.06. The number of pyridine rings is 1. The summed E-state index contributed by atoms with van der Waals surface area (Å²) in [4.78, 5) is 45.2. The van der Waals surface area contributed by atoms with Crippen LogP contribution in [0.3, 0.4) is 0 Å². The van der Waals surface area contributed by atoms with Gasteiger partial charge >= 0.3 is 0 Å². The van der Waals surface area contributed by atoms with E-state index in [0.29, 0.717) is 6.42 Å². The maximum Gasteiger partial charge on any atom is 0.244 e. The molecule has 33 heavy (non-hydrogen) atoms. The Labute approximate surface area is 192 Å². The van der Waals surface area contributed by atoms with Crippen molar-refractivity contribution in [1.82, 2.24) is 15.6 Å². The number of nitrogens with zero attached hydrogens (tertiary/aromatic N) is 2. The molecule has 0 saturated carbocycles. The van der Waals surface area contributed by atoms with Crippen LogP contribution >= 0.6 is 0 Å². The molecule has 0 aliphatic carbocycles. The first-order chi connectivity index (χ1) is 15.8. The van der Waals surface area contributed by atoms with Crippen molar-refractivity contribution in [3.63, 3.8) is 0 Å². The predicted octanol–water partition coefficient (Wildman–Crippen LogP) is -0.154. The summed E-state index contributed by atoms with van der Waals surface area (Å²) in [6, 6.07) is 10.9. The Hall–Kier alpha value is -4.21. The molecule has 0 radical (unpaired) electrons. The summed E-state index contributed by atoms with van der Waals surface area (Å²) in [5, 5.41) is 5.31. The number of nitrogens with two attached hydrogens (primary N) is 3. The van der Waals surface area contributed by atoms with Gasteiger partial charge in [-0.2, -0.15) is 0 Å². The fraction of sp³-hybridized carbons (Fsp3) is 0.261. The maximum atomic E-state index is 12.9. The topological polar surface area (TPSA) is 179 Å². The van der Waals surface area contributed by atoms with Crippen LogP contribution in [-0.4, -0.2) is 47.3 Å². The highest BCUT2D eigenvalue weighted by Gasteiger charge is 2.25. The largest absolute Gasteiger partial charge is 0.370 e. The molecule has 10 nitrogen and oxygen atoms in total. The highest BCUT2D eigenvalue weighted by atomic mass is 16.2. The summed E-state index contributed by atoms with van der Waals surface area (Å²) < 4.78 is 0. The molecule has 0 unspecified atom stereocenters. The molecule has 2 rings (SSSR count). The minimum Gasteiger partial charge on any atom is -0.370 e.